The van der Waals surface area contributed by atoms with Gasteiger partial charge in [-0.1, -0.05) is 30.3 Å². The molecule has 10 nitrogen and oxygen atoms in total. The van der Waals surface area contributed by atoms with Gasteiger partial charge < -0.3 is 14.4 Å². The summed E-state index contributed by atoms with van der Waals surface area (Å²) in [5.74, 6) is -0.0348. The van der Waals surface area contributed by atoms with Crippen LogP contribution in [-0.2, 0) is 9.53 Å². The van der Waals surface area contributed by atoms with Crippen molar-refractivity contribution in [3.63, 3.8) is 0 Å². The van der Waals surface area contributed by atoms with Gasteiger partial charge in [0.1, 0.15) is 11.8 Å². The lowest BCUT2D eigenvalue weighted by Crippen LogP contribution is -2.49. The van der Waals surface area contributed by atoms with Gasteiger partial charge in [0.2, 0.25) is 0 Å². The van der Waals surface area contributed by atoms with Gasteiger partial charge >= 0.3 is 12.1 Å². The molecule has 37 heavy (non-hydrogen) atoms. The number of nitro benzene ring substituents is 1. The van der Waals surface area contributed by atoms with Crippen LogP contribution < -0.4 is 15.0 Å². The fraction of sp³-hybridized carbons (Fsp3) is 0.259. The van der Waals surface area contributed by atoms with Crippen molar-refractivity contribution in [3.05, 3.63) is 94.5 Å². The SMILES string of the molecule is CCOC(=O)[C@H](c1ccccc1)N1CCN(c2ccc(NC(=O)Oc3ccc([N+](=O)[O-])cc3)cc2)CC1. The first kappa shape index (κ1) is 25.6. The van der Waals surface area contributed by atoms with E-state index in [1.54, 1.807) is 12.1 Å². The van der Waals surface area contributed by atoms with Gasteiger partial charge in [0, 0.05) is 49.7 Å². The average Bonchev–Trinajstić information content (AvgIpc) is 2.91. The summed E-state index contributed by atoms with van der Waals surface area (Å²) in [6, 6.07) is 21.9. The summed E-state index contributed by atoms with van der Waals surface area (Å²) in [7, 11) is 0. The third-order valence-electron chi connectivity index (χ3n) is 6.04. The Labute approximate surface area is 214 Å². The predicted octanol–water partition coefficient (Wildman–Crippen LogP) is 4.63. The van der Waals surface area contributed by atoms with E-state index in [4.69, 9.17) is 9.47 Å². The number of nitrogens with zero attached hydrogens (tertiary/aromatic N) is 3. The number of benzene rings is 3. The van der Waals surface area contributed by atoms with Crippen LogP contribution in [0.15, 0.2) is 78.9 Å². The van der Waals surface area contributed by atoms with Crippen LogP contribution in [0.5, 0.6) is 5.75 Å². The van der Waals surface area contributed by atoms with Crippen LogP contribution in [0, 0.1) is 10.1 Å². The van der Waals surface area contributed by atoms with Gasteiger partial charge in [-0.25, -0.2) is 9.59 Å². The summed E-state index contributed by atoms with van der Waals surface area (Å²) in [5, 5.41) is 13.4. The predicted molar refractivity (Wildman–Crippen MR) is 139 cm³/mol. The maximum atomic E-state index is 12.7. The fourth-order valence-electron chi connectivity index (χ4n) is 4.23. The molecule has 0 spiro atoms. The number of carbonyl (C=O) groups is 2. The molecule has 0 saturated carbocycles. The van der Waals surface area contributed by atoms with Crippen molar-refractivity contribution in [3.8, 4) is 5.75 Å². The highest BCUT2D eigenvalue weighted by molar-refractivity contribution is 5.86. The van der Waals surface area contributed by atoms with E-state index >= 15 is 0 Å². The van der Waals surface area contributed by atoms with Gasteiger partial charge in [-0.05, 0) is 48.9 Å². The number of non-ortho nitro benzene ring substituents is 1. The number of rotatable bonds is 8. The summed E-state index contributed by atoms with van der Waals surface area (Å²) < 4.78 is 10.5. The minimum atomic E-state index is -0.693. The summed E-state index contributed by atoms with van der Waals surface area (Å²) >= 11 is 0. The third kappa shape index (κ3) is 6.62. The van der Waals surface area contributed by atoms with Crippen LogP contribution in [0.2, 0.25) is 0 Å². The number of ether oxygens (including phenoxy) is 2. The minimum absolute atomic E-state index is 0.0827. The lowest BCUT2D eigenvalue weighted by atomic mass is 10.0. The second-order valence-electron chi connectivity index (χ2n) is 8.40. The summed E-state index contributed by atoms with van der Waals surface area (Å²) in [6.45, 7) is 5.00. The Morgan fingerprint density at radius 1 is 0.946 bits per heavy atom. The van der Waals surface area contributed by atoms with Crippen LogP contribution >= 0.6 is 0 Å². The van der Waals surface area contributed by atoms with Gasteiger partial charge in [0.15, 0.2) is 0 Å². The molecule has 1 amide bonds. The highest BCUT2D eigenvalue weighted by Gasteiger charge is 2.31. The van der Waals surface area contributed by atoms with E-state index in [1.807, 2.05) is 49.4 Å². The largest absolute Gasteiger partial charge is 0.465 e. The number of nitro groups is 1. The number of piperazine rings is 1. The zero-order chi connectivity index (χ0) is 26.2. The van der Waals surface area contributed by atoms with Crippen molar-refractivity contribution in [1.82, 2.24) is 4.90 Å². The molecular weight excluding hydrogens is 476 g/mol. The summed E-state index contributed by atoms with van der Waals surface area (Å²) in [6.07, 6.45) is -0.693. The highest BCUT2D eigenvalue weighted by Crippen LogP contribution is 2.26. The normalized spacial score (nSPS) is 14.5. The van der Waals surface area contributed by atoms with E-state index in [0.717, 1.165) is 24.3 Å². The zero-order valence-electron chi connectivity index (χ0n) is 20.4. The molecule has 3 aromatic carbocycles. The minimum Gasteiger partial charge on any atom is -0.465 e. The molecule has 1 aliphatic heterocycles. The molecule has 1 saturated heterocycles. The maximum absolute atomic E-state index is 12.7. The maximum Gasteiger partial charge on any atom is 0.417 e. The highest BCUT2D eigenvalue weighted by atomic mass is 16.6. The average molecular weight is 505 g/mol. The van der Waals surface area contributed by atoms with Crippen LogP contribution in [0.4, 0.5) is 21.9 Å². The van der Waals surface area contributed by atoms with Gasteiger partial charge in [-0.2, -0.15) is 0 Å². The molecule has 1 heterocycles. The van der Waals surface area contributed by atoms with Crippen molar-refractivity contribution < 1.29 is 24.0 Å². The molecule has 0 unspecified atom stereocenters. The topological polar surface area (TPSA) is 114 Å². The molecule has 0 aliphatic carbocycles. The van der Waals surface area contributed by atoms with E-state index in [2.05, 4.69) is 15.1 Å². The van der Waals surface area contributed by atoms with E-state index in [0.29, 0.717) is 25.4 Å². The lowest BCUT2D eigenvalue weighted by molar-refractivity contribution is -0.384. The van der Waals surface area contributed by atoms with Crippen molar-refractivity contribution in [2.45, 2.75) is 13.0 Å². The van der Waals surface area contributed by atoms with E-state index < -0.39 is 17.1 Å². The molecular formula is C27H28N4O6. The quantitative estimate of drug-likeness (QED) is 0.268. The van der Waals surface area contributed by atoms with Crippen LogP contribution in [0.3, 0.4) is 0 Å². The number of nitrogens with one attached hydrogen (secondary N) is 1. The zero-order valence-corrected chi connectivity index (χ0v) is 20.4. The fourth-order valence-corrected chi connectivity index (χ4v) is 4.23. The Hall–Kier alpha value is -4.44. The van der Waals surface area contributed by atoms with Gasteiger partial charge in [-0.3, -0.25) is 20.3 Å². The molecule has 192 valence electrons. The number of amides is 1. The second-order valence-corrected chi connectivity index (χ2v) is 8.40. The number of hydrogen-bond donors (Lipinski definition) is 1. The molecule has 1 aliphatic rings. The molecule has 0 aromatic heterocycles. The van der Waals surface area contributed by atoms with E-state index in [-0.39, 0.29) is 17.4 Å². The van der Waals surface area contributed by atoms with Gasteiger partial charge in [0.05, 0.1) is 11.5 Å². The van der Waals surface area contributed by atoms with E-state index in [1.165, 1.54) is 24.3 Å². The Balaban J connectivity index is 1.32. The molecule has 1 N–H and O–H groups in total. The molecule has 3 aromatic rings. The number of carbonyl (C=O) groups excluding carboxylic acids is 2. The second kappa shape index (κ2) is 12.0. The molecule has 1 atom stereocenters. The number of anilines is 2. The smallest absolute Gasteiger partial charge is 0.417 e. The molecule has 1 fully saturated rings. The van der Waals surface area contributed by atoms with Gasteiger partial charge in [-0.15, -0.1) is 0 Å². The molecule has 0 bridgehead atoms. The standard InChI is InChI=1S/C27H28N4O6/c1-2-36-26(32)25(20-6-4-3-5-7-20)30-18-16-29(17-19-30)22-10-8-21(9-11-22)28-27(33)37-24-14-12-23(13-15-24)31(34)35/h3-15,25H,2,16-19H2,1H3,(H,28,33)/t25-/m0/s1. The first-order chi connectivity index (χ1) is 17.9. The monoisotopic (exact) mass is 504 g/mol. The Kier molecular flexibility index (Phi) is 8.32. The Morgan fingerprint density at radius 2 is 1.59 bits per heavy atom. The summed E-state index contributed by atoms with van der Waals surface area (Å²) in [5.41, 5.74) is 2.40. The van der Waals surface area contributed by atoms with Crippen LogP contribution in [-0.4, -0.2) is 54.7 Å². The van der Waals surface area contributed by atoms with E-state index in [9.17, 15) is 19.7 Å². The van der Waals surface area contributed by atoms with Crippen molar-refractivity contribution in [2.75, 3.05) is 43.0 Å². The Morgan fingerprint density at radius 3 is 2.19 bits per heavy atom. The molecule has 4 rings (SSSR count). The molecule has 0 radical (unpaired) electrons. The van der Waals surface area contributed by atoms with Crippen molar-refractivity contribution in [2.24, 2.45) is 0 Å². The Bertz CT molecular complexity index is 1210. The number of hydrogen-bond acceptors (Lipinski definition) is 8. The van der Waals surface area contributed by atoms with Gasteiger partial charge in [0.25, 0.3) is 5.69 Å². The van der Waals surface area contributed by atoms with Crippen LogP contribution in [0.1, 0.15) is 18.5 Å². The van der Waals surface area contributed by atoms with Crippen LogP contribution in [0.25, 0.3) is 0 Å². The van der Waals surface area contributed by atoms with Crippen molar-refractivity contribution >= 4 is 29.1 Å². The lowest BCUT2D eigenvalue weighted by Gasteiger charge is -2.39. The third-order valence-corrected chi connectivity index (χ3v) is 6.04. The van der Waals surface area contributed by atoms with Crippen molar-refractivity contribution in [1.29, 1.82) is 0 Å². The first-order valence-corrected chi connectivity index (χ1v) is 12.0. The number of esters is 1. The first-order valence-electron chi connectivity index (χ1n) is 12.0. The summed E-state index contributed by atoms with van der Waals surface area (Å²) in [4.78, 5) is 39.5. The molecule has 10 heteroatoms.